The number of phenols is 2. The van der Waals surface area contributed by atoms with Crippen LogP contribution in [-0.2, 0) is 0 Å². The summed E-state index contributed by atoms with van der Waals surface area (Å²) < 4.78 is 5.55. The number of benzene rings is 2. The van der Waals surface area contributed by atoms with Gasteiger partial charge in [0.2, 0.25) is 11.8 Å². The second-order valence-corrected chi connectivity index (χ2v) is 4.01. The van der Waals surface area contributed by atoms with Crippen LogP contribution in [0.4, 0.5) is 0 Å². The Morgan fingerprint density at radius 2 is 1.00 bits per heavy atom. The van der Waals surface area contributed by atoms with Crippen molar-refractivity contribution in [2.24, 2.45) is 0 Å². The third-order valence-corrected chi connectivity index (χ3v) is 2.65. The van der Waals surface area contributed by atoms with Crippen LogP contribution < -0.4 is 0 Å². The first kappa shape index (κ1) is 11.3. The lowest BCUT2D eigenvalue weighted by atomic mass is 10.2. The summed E-state index contributed by atoms with van der Waals surface area (Å²) in [6, 6.07) is 13.0. The van der Waals surface area contributed by atoms with E-state index < -0.39 is 0 Å². The Balaban J connectivity index is 1.95. The Bertz CT molecular complexity index is 627. The maximum atomic E-state index is 9.22. The molecule has 2 aromatic carbocycles. The minimum Gasteiger partial charge on any atom is -0.508 e. The van der Waals surface area contributed by atoms with E-state index in [0.29, 0.717) is 11.8 Å². The van der Waals surface area contributed by atoms with E-state index in [1.807, 2.05) is 0 Å². The summed E-state index contributed by atoms with van der Waals surface area (Å²) in [6.45, 7) is 0. The molecular weight excluding hydrogens is 244 g/mol. The molecule has 5 heteroatoms. The average Bonchev–Trinajstić information content (AvgIpc) is 2.90. The molecule has 0 fully saturated rings. The van der Waals surface area contributed by atoms with Gasteiger partial charge in [-0.3, -0.25) is 0 Å². The molecule has 94 valence electrons. The Labute approximate surface area is 108 Å². The molecule has 0 saturated heterocycles. The molecule has 0 radical (unpaired) electrons. The molecule has 0 spiro atoms. The first-order valence-corrected chi connectivity index (χ1v) is 5.65. The van der Waals surface area contributed by atoms with Crippen molar-refractivity contribution in [3.63, 3.8) is 0 Å². The molecular formula is C14H10N2O3. The quantitative estimate of drug-likeness (QED) is 0.735. The van der Waals surface area contributed by atoms with E-state index in [4.69, 9.17) is 4.42 Å². The molecule has 5 nitrogen and oxygen atoms in total. The normalized spacial score (nSPS) is 10.5. The summed E-state index contributed by atoms with van der Waals surface area (Å²) in [5.41, 5.74) is 1.46. The van der Waals surface area contributed by atoms with Crippen LogP contribution in [0.2, 0.25) is 0 Å². The van der Waals surface area contributed by atoms with Crippen LogP contribution in [-0.4, -0.2) is 20.4 Å². The predicted octanol–water partition coefficient (Wildman–Crippen LogP) is 2.81. The zero-order valence-electron chi connectivity index (χ0n) is 9.82. The van der Waals surface area contributed by atoms with E-state index in [0.717, 1.165) is 11.1 Å². The van der Waals surface area contributed by atoms with Gasteiger partial charge in [-0.25, -0.2) is 0 Å². The van der Waals surface area contributed by atoms with Gasteiger partial charge in [-0.05, 0) is 48.5 Å². The van der Waals surface area contributed by atoms with Gasteiger partial charge < -0.3 is 14.6 Å². The van der Waals surface area contributed by atoms with Crippen molar-refractivity contribution in [1.29, 1.82) is 0 Å². The molecule has 0 amide bonds. The van der Waals surface area contributed by atoms with Gasteiger partial charge in [0.1, 0.15) is 11.5 Å². The van der Waals surface area contributed by atoms with Crippen molar-refractivity contribution >= 4 is 0 Å². The Kier molecular flexibility index (Phi) is 2.64. The van der Waals surface area contributed by atoms with Crippen molar-refractivity contribution in [3.8, 4) is 34.4 Å². The van der Waals surface area contributed by atoms with Crippen molar-refractivity contribution in [1.82, 2.24) is 10.2 Å². The largest absolute Gasteiger partial charge is 0.508 e. The number of aromatic nitrogens is 2. The fourth-order valence-corrected chi connectivity index (χ4v) is 1.66. The van der Waals surface area contributed by atoms with Gasteiger partial charge in [0.25, 0.3) is 0 Å². The van der Waals surface area contributed by atoms with Gasteiger partial charge in [-0.1, -0.05) is 0 Å². The molecule has 3 aromatic rings. The lowest BCUT2D eigenvalue weighted by Gasteiger charge is -1.96. The maximum absolute atomic E-state index is 9.22. The lowest BCUT2D eigenvalue weighted by Crippen LogP contribution is -1.76. The van der Waals surface area contributed by atoms with Gasteiger partial charge in [0.05, 0.1) is 0 Å². The number of nitrogens with zero attached hydrogens (tertiary/aromatic N) is 2. The topological polar surface area (TPSA) is 79.4 Å². The number of hydrogen-bond donors (Lipinski definition) is 2. The van der Waals surface area contributed by atoms with Crippen molar-refractivity contribution in [2.75, 3.05) is 0 Å². The van der Waals surface area contributed by atoms with E-state index in [-0.39, 0.29) is 11.5 Å². The third kappa shape index (κ3) is 2.26. The number of aromatic hydroxyl groups is 2. The monoisotopic (exact) mass is 254 g/mol. The molecule has 0 aliphatic rings. The third-order valence-electron chi connectivity index (χ3n) is 2.65. The summed E-state index contributed by atoms with van der Waals surface area (Å²) in [7, 11) is 0. The first-order chi connectivity index (χ1) is 9.22. The number of rotatable bonds is 2. The second kappa shape index (κ2) is 4.45. The van der Waals surface area contributed by atoms with Crippen molar-refractivity contribution in [3.05, 3.63) is 48.5 Å². The Morgan fingerprint density at radius 1 is 0.632 bits per heavy atom. The van der Waals surface area contributed by atoms with Crippen LogP contribution in [0.3, 0.4) is 0 Å². The molecule has 0 bridgehead atoms. The molecule has 19 heavy (non-hydrogen) atoms. The molecule has 1 aromatic heterocycles. The van der Waals surface area contributed by atoms with Crippen LogP contribution in [0, 0.1) is 0 Å². The molecule has 0 saturated carbocycles. The zero-order chi connectivity index (χ0) is 13.2. The van der Waals surface area contributed by atoms with E-state index in [1.165, 1.54) is 0 Å². The van der Waals surface area contributed by atoms with Crippen LogP contribution >= 0.6 is 0 Å². The summed E-state index contributed by atoms with van der Waals surface area (Å²) in [5, 5.41) is 26.4. The van der Waals surface area contributed by atoms with Crippen LogP contribution in [0.5, 0.6) is 11.5 Å². The van der Waals surface area contributed by atoms with E-state index in [2.05, 4.69) is 10.2 Å². The summed E-state index contributed by atoms with van der Waals surface area (Å²) in [6.07, 6.45) is 0. The average molecular weight is 254 g/mol. The number of phenolic OH excluding ortho intramolecular Hbond substituents is 2. The molecule has 0 unspecified atom stereocenters. The molecule has 3 rings (SSSR count). The minimum absolute atomic E-state index is 0.182. The molecule has 0 aliphatic carbocycles. The van der Waals surface area contributed by atoms with E-state index in [1.54, 1.807) is 48.5 Å². The van der Waals surface area contributed by atoms with Gasteiger partial charge in [0.15, 0.2) is 0 Å². The molecule has 2 N–H and O–H groups in total. The van der Waals surface area contributed by atoms with E-state index in [9.17, 15) is 10.2 Å². The van der Waals surface area contributed by atoms with Gasteiger partial charge in [-0.2, -0.15) is 0 Å². The second-order valence-electron chi connectivity index (χ2n) is 4.01. The Morgan fingerprint density at radius 3 is 1.37 bits per heavy atom. The SMILES string of the molecule is Oc1ccc(-c2nnc(-c3ccc(O)cc3)o2)cc1. The summed E-state index contributed by atoms with van der Waals surface area (Å²) in [4.78, 5) is 0. The summed E-state index contributed by atoms with van der Waals surface area (Å²) in [5.74, 6) is 1.12. The van der Waals surface area contributed by atoms with Crippen LogP contribution in [0.25, 0.3) is 22.9 Å². The van der Waals surface area contributed by atoms with Gasteiger partial charge in [0, 0.05) is 11.1 Å². The molecule has 0 aliphatic heterocycles. The molecule has 0 atom stereocenters. The molecule has 1 heterocycles. The highest BCUT2D eigenvalue weighted by molar-refractivity contribution is 5.58. The Hall–Kier alpha value is -2.82. The zero-order valence-corrected chi connectivity index (χ0v) is 9.82. The fraction of sp³-hybridized carbons (Fsp3) is 0. The highest BCUT2D eigenvalue weighted by Gasteiger charge is 2.10. The number of hydrogen-bond acceptors (Lipinski definition) is 5. The van der Waals surface area contributed by atoms with E-state index >= 15 is 0 Å². The summed E-state index contributed by atoms with van der Waals surface area (Å²) >= 11 is 0. The van der Waals surface area contributed by atoms with Crippen molar-refractivity contribution < 1.29 is 14.6 Å². The van der Waals surface area contributed by atoms with Crippen molar-refractivity contribution in [2.45, 2.75) is 0 Å². The fourth-order valence-electron chi connectivity index (χ4n) is 1.66. The standard InChI is InChI=1S/C14H10N2O3/c17-11-5-1-9(2-6-11)13-15-16-14(19-13)10-3-7-12(18)8-4-10/h1-8,17-18H. The predicted molar refractivity (Wildman–Crippen MR) is 68.5 cm³/mol. The lowest BCUT2D eigenvalue weighted by molar-refractivity contribution is 0.475. The van der Waals surface area contributed by atoms with Crippen LogP contribution in [0.1, 0.15) is 0 Å². The van der Waals surface area contributed by atoms with Gasteiger partial charge in [-0.15, -0.1) is 10.2 Å². The highest BCUT2D eigenvalue weighted by atomic mass is 16.4. The van der Waals surface area contributed by atoms with Gasteiger partial charge >= 0.3 is 0 Å². The first-order valence-electron chi connectivity index (χ1n) is 5.65. The smallest absolute Gasteiger partial charge is 0.248 e. The minimum atomic E-state index is 0.182. The van der Waals surface area contributed by atoms with Crippen LogP contribution in [0.15, 0.2) is 52.9 Å². The highest BCUT2D eigenvalue weighted by Crippen LogP contribution is 2.25. The maximum Gasteiger partial charge on any atom is 0.248 e.